The lowest BCUT2D eigenvalue weighted by atomic mass is 10.1. The normalized spacial score (nSPS) is 10.4. The molecule has 3 aromatic carbocycles. The molecule has 0 fully saturated rings. The lowest BCUT2D eigenvalue weighted by Gasteiger charge is -2.10. The standard InChI is InChI=1S/C28H29BrN2O5/c1-18-6-4-7-24(14-18)36-23-12-10-21(11-13-23)30-25(32)8-5-9-27(34)35-17-26(33)31-22-15-19(2)28(29)20(3)16-22/h4,6-7,10-16H,5,8-9,17H2,1-3H3,(H,30,32)(H,31,33). The highest BCUT2D eigenvalue weighted by Gasteiger charge is 2.11. The van der Waals surface area contributed by atoms with E-state index in [-0.39, 0.29) is 25.4 Å². The molecule has 3 rings (SSSR count). The van der Waals surface area contributed by atoms with E-state index in [0.29, 0.717) is 23.5 Å². The van der Waals surface area contributed by atoms with Crippen LogP contribution in [0.3, 0.4) is 0 Å². The quantitative estimate of drug-likeness (QED) is 0.281. The highest BCUT2D eigenvalue weighted by atomic mass is 79.9. The van der Waals surface area contributed by atoms with Gasteiger partial charge in [-0.25, -0.2) is 0 Å². The number of benzene rings is 3. The third-order valence-electron chi connectivity index (χ3n) is 5.23. The lowest BCUT2D eigenvalue weighted by Crippen LogP contribution is -2.21. The van der Waals surface area contributed by atoms with E-state index in [0.717, 1.165) is 26.9 Å². The number of ether oxygens (including phenoxy) is 2. The van der Waals surface area contributed by atoms with E-state index < -0.39 is 11.9 Å². The number of hydrogen-bond donors (Lipinski definition) is 2. The lowest BCUT2D eigenvalue weighted by molar-refractivity contribution is -0.147. The van der Waals surface area contributed by atoms with Crippen molar-refractivity contribution in [3.05, 3.63) is 81.8 Å². The van der Waals surface area contributed by atoms with Gasteiger partial charge in [0.15, 0.2) is 6.61 Å². The van der Waals surface area contributed by atoms with Gasteiger partial charge in [-0.15, -0.1) is 0 Å². The minimum Gasteiger partial charge on any atom is -0.457 e. The molecule has 8 heteroatoms. The van der Waals surface area contributed by atoms with E-state index in [1.54, 1.807) is 24.3 Å². The Morgan fingerprint density at radius 2 is 1.44 bits per heavy atom. The molecule has 0 spiro atoms. The third kappa shape index (κ3) is 8.53. The second-order valence-electron chi connectivity index (χ2n) is 8.48. The SMILES string of the molecule is Cc1cccc(Oc2ccc(NC(=O)CCCC(=O)OCC(=O)Nc3cc(C)c(Br)c(C)c3)cc2)c1. The van der Waals surface area contributed by atoms with Gasteiger partial charge in [0.2, 0.25) is 5.91 Å². The smallest absolute Gasteiger partial charge is 0.306 e. The molecule has 0 atom stereocenters. The fourth-order valence-electron chi connectivity index (χ4n) is 3.47. The number of amides is 2. The van der Waals surface area contributed by atoms with E-state index in [4.69, 9.17) is 9.47 Å². The first-order chi connectivity index (χ1) is 17.2. The second kappa shape index (κ2) is 12.9. The van der Waals surface area contributed by atoms with Gasteiger partial charge in [0.1, 0.15) is 11.5 Å². The first-order valence-electron chi connectivity index (χ1n) is 11.6. The molecule has 0 heterocycles. The van der Waals surface area contributed by atoms with Crippen LogP contribution in [-0.2, 0) is 19.1 Å². The van der Waals surface area contributed by atoms with Crippen molar-refractivity contribution in [1.82, 2.24) is 0 Å². The van der Waals surface area contributed by atoms with Gasteiger partial charge in [-0.2, -0.15) is 0 Å². The summed E-state index contributed by atoms with van der Waals surface area (Å²) in [5, 5.41) is 5.51. The van der Waals surface area contributed by atoms with Crippen molar-refractivity contribution in [1.29, 1.82) is 0 Å². The minimum atomic E-state index is -0.529. The van der Waals surface area contributed by atoms with Crippen LogP contribution in [0.5, 0.6) is 11.5 Å². The first-order valence-corrected chi connectivity index (χ1v) is 12.4. The van der Waals surface area contributed by atoms with Crippen LogP contribution in [0.4, 0.5) is 11.4 Å². The van der Waals surface area contributed by atoms with Gasteiger partial charge in [-0.1, -0.05) is 28.1 Å². The average molecular weight is 553 g/mol. The molecule has 0 radical (unpaired) electrons. The number of rotatable bonds is 10. The average Bonchev–Trinajstić information content (AvgIpc) is 2.82. The van der Waals surface area contributed by atoms with Crippen LogP contribution >= 0.6 is 15.9 Å². The maximum Gasteiger partial charge on any atom is 0.306 e. The highest BCUT2D eigenvalue weighted by Crippen LogP contribution is 2.25. The third-order valence-corrected chi connectivity index (χ3v) is 6.48. The maximum absolute atomic E-state index is 12.2. The van der Waals surface area contributed by atoms with Crippen LogP contribution < -0.4 is 15.4 Å². The summed E-state index contributed by atoms with van der Waals surface area (Å²) in [6.07, 6.45) is 0.507. The summed E-state index contributed by atoms with van der Waals surface area (Å²) in [6, 6.07) is 18.5. The second-order valence-corrected chi connectivity index (χ2v) is 9.27. The number of carbonyl (C=O) groups excluding carboxylic acids is 3. The van der Waals surface area contributed by atoms with Gasteiger partial charge in [-0.05, 0) is 92.4 Å². The predicted octanol–water partition coefficient (Wildman–Crippen LogP) is 6.46. The zero-order valence-corrected chi connectivity index (χ0v) is 22.1. The summed E-state index contributed by atoms with van der Waals surface area (Å²) in [4.78, 5) is 36.2. The van der Waals surface area contributed by atoms with Crippen LogP contribution in [0.1, 0.15) is 36.0 Å². The molecule has 0 aliphatic carbocycles. The molecule has 36 heavy (non-hydrogen) atoms. The summed E-state index contributed by atoms with van der Waals surface area (Å²) in [5.74, 6) is 0.245. The number of nitrogens with one attached hydrogen (secondary N) is 2. The monoisotopic (exact) mass is 552 g/mol. The van der Waals surface area contributed by atoms with Crippen LogP contribution in [0.15, 0.2) is 65.1 Å². The van der Waals surface area contributed by atoms with Gasteiger partial charge in [0.05, 0.1) is 0 Å². The number of anilines is 2. The number of aryl methyl sites for hydroxylation is 3. The Balaban J connectivity index is 1.34. The minimum absolute atomic E-state index is 0.0421. The maximum atomic E-state index is 12.2. The Morgan fingerprint density at radius 1 is 0.778 bits per heavy atom. The molecule has 0 saturated heterocycles. The van der Waals surface area contributed by atoms with Gasteiger partial charge in [0.25, 0.3) is 5.91 Å². The molecule has 0 bridgehead atoms. The Bertz CT molecular complexity index is 1220. The molecule has 7 nitrogen and oxygen atoms in total. The molecule has 0 aliphatic heterocycles. The van der Waals surface area contributed by atoms with Gasteiger partial charge >= 0.3 is 5.97 Å². The molecule has 0 saturated carbocycles. The van der Waals surface area contributed by atoms with Crippen LogP contribution in [0.2, 0.25) is 0 Å². The summed E-state index contributed by atoms with van der Waals surface area (Å²) < 4.78 is 11.8. The van der Waals surface area contributed by atoms with Gasteiger partial charge in [0, 0.05) is 28.7 Å². The Morgan fingerprint density at radius 3 is 2.11 bits per heavy atom. The number of hydrogen-bond acceptors (Lipinski definition) is 5. The number of halogens is 1. The zero-order chi connectivity index (χ0) is 26.1. The molecule has 0 aromatic heterocycles. The number of esters is 1. The van der Waals surface area contributed by atoms with Crippen LogP contribution in [0.25, 0.3) is 0 Å². The molecule has 0 unspecified atom stereocenters. The van der Waals surface area contributed by atoms with E-state index in [9.17, 15) is 14.4 Å². The van der Waals surface area contributed by atoms with Crippen molar-refractivity contribution in [3.63, 3.8) is 0 Å². The van der Waals surface area contributed by atoms with E-state index in [1.807, 2.05) is 57.2 Å². The van der Waals surface area contributed by atoms with Crippen LogP contribution in [-0.4, -0.2) is 24.4 Å². The summed E-state index contributed by atoms with van der Waals surface area (Å²) in [5.41, 5.74) is 4.36. The molecular weight excluding hydrogens is 524 g/mol. The van der Waals surface area contributed by atoms with Crippen molar-refractivity contribution in [3.8, 4) is 11.5 Å². The molecule has 188 valence electrons. The van der Waals surface area contributed by atoms with E-state index in [2.05, 4.69) is 26.6 Å². The highest BCUT2D eigenvalue weighted by molar-refractivity contribution is 9.10. The van der Waals surface area contributed by atoms with Crippen molar-refractivity contribution in [2.45, 2.75) is 40.0 Å². The molecule has 2 N–H and O–H groups in total. The van der Waals surface area contributed by atoms with Crippen molar-refractivity contribution >= 4 is 45.1 Å². The Labute approximate surface area is 219 Å². The van der Waals surface area contributed by atoms with Crippen molar-refractivity contribution in [2.75, 3.05) is 17.2 Å². The topological polar surface area (TPSA) is 93.7 Å². The van der Waals surface area contributed by atoms with Crippen LogP contribution in [0, 0.1) is 20.8 Å². The largest absolute Gasteiger partial charge is 0.457 e. The van der Waals surface area contributed by atoms with Crippen molar-refractivity contribution in [2.24, 2.45) is 0 Å². The molecule has 0 aliphatic rings. The summed E-state index contributed by atoms with van der Waals surface area (Å²) >= 11 is 3.48. The first kappa shape index (κ1) is 26.9. The Hall–Kier alpha value is -3.65. The molecule has 3 aromatic rings. The summed E-state index contributed by atoms with van der Waals surface area (Å²) in [6.45, 7) is 5.48. The van der Waals surface area contributed by atoms with E-state index >= 15 is 0 Å². The predicted molar refractivity (Wildman–Crippen MR) is 143 cm³/mol. The van der Waals surface area contributed by atoms with Gasteiger partial charge in [-0.3, -0.25) is 14.4 Å². The van der Waals surface area contributed by atoms with E-state index in [1.165, 1.54) is 0 Å². The molecular formula is C28H29BrN2O5. The van der Waals surface area contributed by atoms with Crippen molar-refractivity contribution < 1.29 is 23.9 Å². The fourth-order valence-corrected chi connectivity index (χ4v) is 3.70. The zero-order valence-electron chi connectivity index (χ0n) is 20.5. The summed E-state index contributed by atoms with van der Waals surface area (Å²) in [7, 11) is 0. The molecule has 2 amide bonds. The Kier molecular flexibility index (Phi) is 9.64. The number of carbonyl (C=O) groups is 3. The fraction of sp³-hybridized carbons (Fsp3) is 0.250. The van der Waals surface area contributed by atoms with Gasteiger partial charge < -0.3 is 20.1 Å².